The van der Waals surface area contributed by atoms with Crippen LogP contribution < -0.4 is 4.90 Å². The predicted molar refractivity (Wildman–Crippen MR) is 80.5 cm³/mol. The van der Waals surface area contributed by atoms with Gasteiger partial charge in [-0.15, -0.1) is 10.2 Å². The van der Waals surface area contributed by atoms with E-state index >= 15 is 0 Å². The molecule has 0 unspecified atom stereocenters. The molecule has 126 valence electrons. The van der Waals surface area contributed by atoms with Gasteiger partial charge in [-0.25, -0.2) is 0 Å². The van der Waals surface area contributed by atoms with Crippen LogP contribution in [0.25, 0.3) is 0 Å². The predicted octanol–water partition coefficient (Wildman–Crippen LogP) is 3.17. The fourth-order valence-corrected chi connectivity index (χ4v) is 3.33. The van der Waals surface area contributed by atoms with Gasteiger partial charge in [0.05, 0.1) is 6.54 Å². The van der Waals surface area contributed by atoms with E-state index in [1.165, 1.54) is 0 Å². The van der Waals surface area contributed by atoms with Crippen LogP contribution in [0.2, 0.25) is 0 Å². The van der Waals surface area contributed by atoms with Gasteiger partial charge < -0.3 is 9.32 Å². The first-order valence-corrected chi connectivity index (χ1v) is 8.17. The lowest BCUT2D eigenvalue weighted by Crippen LogP contribution is -2.30. The third-order valence-corrected chi connectivity index (χ3v) is 4.72. The number of hydrogen-bond donors (Lipinski definition) is 0. The highest BCUT2D eigenvalue weighted by Crippen LogP contribution is 2.34. The van der Waals surface area contributed by atoms with E-state index in [-0.39, 0.29) is 0 Å². The van der Waals surface area contributed by atoms with Gasteiger partial charge in [0.2, 0.25) is 10.1 Å². The van der Waals surface area contributed by atoms with Crippen molar-refractivity contribution in [1.82, 2.24) is 15.1 Å². The second-order valence-electron chi connectivity index (χ2n) is 5.52. The summed E-state index contributed by atoms with van der Waals surface area (Å²) in [6.45, 7) is 5.56. The Morgan fingerprint density at radius 2 is 2.00 bits per heavy atom. The Balaban J connectivity index is 1.61. The molecule has 2 aromatic rings. The first-order chi connectivity index (χ1) is 10.9. The van der Waals surface area contributed by atoms with Gasteiger partial charge in [0, 0.05) is 26.2 Å². The van der Waals surface area contributed by atoms with E-state index in [0.717, 1.165) is 31.0 Å². The molecule has 9 heteroatoms. The molecule has 2 aromatic heterocycles. The minimum atomic E-state index is -4.43. The van der Waals surface area contributed by atoms with Crippen LogP contribution in [0.5, 0.6) is 0 Å². The molecular weight excluding hydrogens is 329 g/mol. The van der Waals surface area contributed by atoms with Crippen LogP contribution in [0.1, 0.15) is 22.9 Å². The van der Waals surface area contributed by atoms with Crippen molar-refractivity contribution >= 4 is 16.5 Å². The van der Waals surface area contributed by atoms with Gasteiger partial charge in [-0.3, -0.25) is 4.90 Å². The Labute approximate surface area is 135 Å². The molecule has 0 aliphatic carbocycles. The maximum absolute atomic E-state index is 12.6. The topological polar surface area (TPSA) is 45.4 Å². The molecule has 3 heterocycles. The zero-order chi connectivity index (χ0) is 16.4. The van der Waals surface area contributed by atoms with Crippen molar-refractivity contribution in [3.63, 3.8) is 0 Å². The molecule has 0 bridgehead atoms. The molecule has 23 heavy (non-hydrogen) atoms. The summed E-state index contributed by atoms with van der Waals surface area (Å²) in [5.41, 5.74) is 0. The van der Waals surface area contributed by atoms with Gasteiger partial charge in [0.15, 0.2) is 0 Å². The van der Waals surface area contributed by atoms with Crippen molar-refractivity contribution in [3.05, 3.63) is 28.7 Å². The lowest BCUT2D eigenvalue weighted by atomic mass is 10.3. The molecule has 1 fully saturated rings. The molecular formula is C14H17F3N4OS. The number of hydrogen-bond acceptors (Lipinski definition) is 6. The average Bonchev–Trinajstić information content (AvgIpc) is 3.05. The molecule has 0 saturated carbocycles. The lowest BCUT2D eigenvalue weighted by Gasteiger charge is -2.20. The fourth-order valence-electron chi connectivity index (χ4n) is 2.57. The third kappa shape index (κ3) is 4.03. The zero-order valence-corrected chi connectivity index (χ0v) is 13.5. The Bertz CT molecular complexity index is 654. The summed E-state index contributed by atoms with van der Waals surface area (Å²) in [4.78, 5) is 4.12. The molecule has 0 N–H and O–H groups in total. The highest BCUT2D eigenvalue weighted by Gasteiger charge is 2.36. The molecule has 3 rings (SSSR count). The number of nitrogens with zero attached hydrogens (tertiary/aromatic N) is 4. The first-order valence-electron chi connectivity index (χ1n) is 7.35. The number of anilines is 1. The van der Waals surface area contributed by atoms with Gasteiger partial charge in [0.25, 0.3) is 0 Å². The minimum absolute atomic E-state index is 0.341. The highest BCUT2D eigenvalue weighted by atomic mass is 32.1. The van der Waals surface area contributed by atoms with Crippen LogP contribution in [-0.4, -0.2) is 41.3 Å². The molecule has 0 atom stereocenters. The van der Waals surface area contributed by atoms with Crippen LogP contribution in [0, 0.1) is 6.92 Å². The summed E-state index contributed by atoms with van der Waals surface area (Å²) in [5, 5.41) is 6.41. The third-order valence-electron chi connectivity index (χ3n) is 3.69. The number of aromatic nitrogens is 2. The van der Waals surface area contributed by atoms with Crippen molar-refractivity contribution in [2.24, 2.45) is 0 Å². The van der Waals surface area contributed by atoms with Gasteiger partial charge >= 0.3 is 6.18 Å². The summed E-state index contributed by atoms with van der Waals surface area (Å²) < 4.78 is 43.5. The SMILES string of the molecule is Cc1ccc(CN2CCCN(c3nnc(C(F)(F)F)s3)CC2)o1. The van der Waals surface area contributed by atoms with Crippen molar-refractivity contribution in [3.8, 4) is 0 Å². The number of furan rings is 1. The second-order valence-corrected chi connectivity index (χ2v) is 6.47. The van der Waals surface area contributed by atoms with Crippen molar-refractivity contribution < 1.29 is 17.6 Å². The average molecular weight is 346 g/mol. The molecule has 0 amide bonds. The van der Waals surface area contributed by atoms with E-state index in [9.17, 15) is 13.2 Å². The number of halogens is 3. The molecule has 0 aromatic carbocycles. The van der Waals surface area contributed by atoms with E-state index in [2.05, 4.69) is 15.1 Å². The van der Waals surface area contributed by atoms with Crippen molar-refractivity contribution in [2.75, 3.05) is 31.1 Å². The maximum atomic E-state index is 12.6. The summed E-state index contributed by atoms with van der Waals surface area (Å²) in [6.07, 6.45) is -3.56. The number of aryl methyl sites for hydroxylation is 1. The summed E-state index contributed by atoms with van der Waals surface area (Å²) in [6, 6.07) is 3.89. The molecule has 1 aliphatic rings. The fraction of sp³-hybridized carbons (Fsp3) is 0.571. The maximum Gasteiger partial charge on any atom is 0.445 e. The Morgan fingerprint density at radius 3 is 2.65 bits per heavy atom. The first kappa shape index (κ1) is 16.3. The van der Waals surface area contributed by atoms with Crippen molar-refractivity contribution in [1.29, 1.82) is 0 Å². The standard InChI is InChI=1S/C14H17F3N4OS/c1-10-3-4-11(22-10)9-20-5-2-6-21(8-7-20)13-19-18-12(23-13)14(15,16)17/h3-4H,2,5-9H2,1H3. The Hall–Kier alpha value is -1.61. The Kier molecular flexibility index (Phi) is 4.58. The summed E-state index contributed by atoms with van der Waals surface area (Å²) >= 11 is 0.606. The largest absolute Gasteiger partial charge is 0.465 e. The highest BCUT2D eigenvalue weighted by molar-refractivity contribution is 7.15. The number of alkyl halides is 3. The van der Waals surface area contributed by atoms with Gasteiger partial charge in [-0.05, 0) is 25.5 Å². The Morgan fingerprint density at radius 1 is 1.17 bits per heavy atom. The zero-order valence-electron chi connectivity index (χ0n) is 12.6. The lowest BCUT2D eigenvalue weighted by molar-refractivity contribution is -0.138. The molecule has 0 radical (unpaired) electrons. The van der Waals surface area contributed by atoms with E-state index in [1.807, 2.05) is 24.0 Å². The van der Waals surface area contributed by atoms with E-state index in [0.29, 0.717) is 36.1 Å². The van der Waals surface area contributed by atoms with E-state index in [1.54, 1.807) is 0 Å². The number of rotatable bonds is 3. The monoisotopic (exact) mass is 346 g/mol. The second kappa shape index (κ2) is 6.48. The normalized spacial score (nSPS) is 17.5. The minimum Gasteiger partial charge on any atom is -0.465 e. The van der Waals surface area contributed by atoms with Crippen LogP contribution in [0.3, 0.4) is 0 Å². The van der Waals surface area contributed by atoms with Crippen LogP contribution in [-0.2, 0) is 12.7 Å². The van der Waals surface area contributed by atoms with Gasteiger partial charge in [-0.2, -0.15) is 13.2 Å². The molecule has 5 nitrogen and oxygen atoms in total. The van der Waals surface area contributed by atoms with Gasteiger partial charge in [-0.1, -0.05) is 11.3 Å². The smallest absolute Gasteiger partial charge is 0.445 e. The van der Waals surface area contributed by atoms with Gasteiger partial charge in [0.1, 0.15) is 11.5 Å². The molecule has 1 saturated heterocycles. The molecule has 0 spiro atoms. The van der Waals surface area contributed by atoms with Crippen molar-refractivity contribution in [2.45, 2.75) is 26.1 Å². The quantitative estimate of drug-likeness (QED) is 0.854. The summed E-state index contributed by atoms with van der Waals surface area (Å²) in [7, 11) is 0. The van der Waals surface area contributed by atoms with Crippen LogP contribution in [0.4, 0.5) is 18.3 Å². The van der Waals surface area contributed by atoms with Crippen LogP contribution >= 0.6 is 11.3 Å². The van der Waals surface area contributed by atoms with Crippen LogP contribution in [0.15, 0.2) is 16.5 Å². The van der Waals surface area contributed by atoms with E-state index in [4.69, 9.17) is 4.42 Å². The molecule has 1 aliphatic heterocycles. The summed E-state index contributed by atoms with van der Waals surface area (Å²) in [5.74, 6) is 1.79. The van der Waals surface area contributed by atoms with E-state index < -0.39 is 11.2 Å².